The number of benzene rings is 1. The van der Waals surface area contributed by atoms with E-state index in [1.807, 2.05) is 17.9 Å². The van der Waals surface area contributed by atoms with Gasteiger partial charge in [-0.25, -0.2) is 4.79 Å². The van der Waals surface area contributed by atoms with Crippen LogP contribution in [0.3, 0.4) is 0 Å². The SMILES string of the molecule is Cc1ccc(CC2CN(C(=O)NC(C)c3cc[nH]c(=O)c3)C2)cc1. The molecule has 2 N–H and O–H groups in total. The average Bonchev–Trinajstić information content (AvgIpc) is 2.52. The highest BCUT2D eigenvalue weighted by Gasteiger charge is 2.31. The summed E-state index contributed by atoms with van der Waals surface area (Å²) in [4.78, 5) is 28.0. The Hall–Kier alpha value is -2.56. The Morgan fingerprint density at radius 2 is 2.00 bits per heavy atom. The summed E-state index contributed by atoms with van der Waals surface area (Å²) in [6, 6.07) is 11.6. The smallest absolute Gasteiger partial charge is 0.317 e. The minimum absolute atomic E-state index is 0.0667. The highest BCUT2D eigenvalue weighted by atomic mass is 16.2. The number of nitrogens with zero attached hydrogens (tertiary/aromatic N) is 1. The zero-order valence-electron chi connectivity index (χ0n) is 14.1. The molecule has 0 spiro atoms. The number of aromatic amines is 1. The van der Waals surface area contributed by atoms with Gasteiger partial charge < -0.3 is 15.2 Å². The van der Waals surface area contributed by atoms with Crippen LogP contribution in [0.25, 0.3) is 0 Å². The fourth-order valence-corrected chi connectivity index (χ4v) is 3.01. The third-order valence-corrected chi connectivity index (χ3v) is 4.53. The number of pyridine rings is 1. The third-order valence-electron chi connectivity index (χ3n) is 4.53. The lowest BCUT2D eigenvalue weighted by molar-refractivity contribution is 0.118. The summed E-state index contributed by atoms with van der Waals surface area (Å²) in [7, 11) is 0. The van der Waals surface area contributed by atoms with Gasteiger partial charge in [-0.1, -0.05) is 29.8 Å². The highest BCUT2D eigenvalue weighted by Crippen LogP contribution is 2.21. The monoisotopic (exact) mass is 325 g/mol. The van der Waals surface area contributed by atoms with E-state index >= 15 is 0 Å². The van der Waals surface area contributed by atoms with Crippen molar-refractivity contribution in [3.05, 3.63) is 69.6 Å². The van der Waals surface area contributed by atoms with Gasteiger partial charge in [0.05, 0.1) is 6.04 Å². The maximum absolute atomic E-state index is 12.3. The van der Waals surface area contributed by atoms with Crippen molar-refractivity contribution in [3.63, 3.8) is 0 Å². The molecule has 1 aromatic heterocycles. The van der Waals surface area contributed by atoms with Crippen molar-refractivity contribution in [1.29, 1.82) is 0 Å². The summed E-state index contributed by atoms with van der Waals surface area (Å²) >= 11 is 0. The number of aromatic nitrogens is 1. The van der Waals surface area contributed by atoms with E-state index in [0.717, 1.165) is 25.1 Å². The molecule has 1 saturated heterocycles. The molecule has 0 bridgehead atoms. The normalized spacial score (nSPS) is 15.7. The van der Waals surface area contributed by atoms with Crippen LogP contribution in [0.5, 0.6) is 0 Å². The van der Waals surface area contributed by atoms with Gasteiger partial charge in [0.2, 0.25) is 5.56 Å². The van der Waals surface area contributed by atoms with Crippen molar-refractivity contribution in [2.45, 2.75) is 26.3 Å². The molecule has 2 aromatic rings. The maximum atomic E-state index is 12.3. The van der Waals surface area contributed by atoms with Crippen LogP contribution in [0.1, 0.15) is 29.7 Å². The van der Waals surface area contributed by atoms with Crippen LogP contribution in [0.2, 0.25) is 0 Å². The Morgan fingerprint density at radius 1 is 1.29 bits per heavy atom. The minimum Gasteiger partial charge on any atom is -0.331 e. The molecule has 5 heteroatoms. The van der Waals surface area contributed by atoms with Gasteiger partial charge in [0.1, 0.15) is 0 Å². The highest BCUT2D eigenvalue weighted by molar-refractivity contribution is 5.75. The van der Waals surface area contributed by atoms with Crippen molar-refractivity contribution in [3.8, 4) is 0 Å². The van der Waals surface area contributed by atoms with Crippen molar-refractivity contribution in [2.24, 2.45) is 5.92 Å². The predicted molar refractivity (Wildman–Crippen MR) is 94.0 cm³/mol. The molecule has 1 fully saturated rings. The van der Waals surface area contributed by atoms with Gasteiger partial charge >= 0.3 is 6.03 Å². The van der Waals surface area contributed by atoms with Crippen LogP contribution in [0.15, 0.2) is 47.4 Å². The lowest BCUT2D eigenvalue weighted by atomic mass is 9.92. The molecule has 0 aliphatic carbocycles. The van der Waals surface area contributed by atoms with E-state index in [2.05, 4.69) is 41.5 Å². The van der Waals surface area contributed by atoms with Crippen LogP contribution in [-0.4, -0.2) is 29.0 Å². The first-order valence-corrected chi connectivity index (χ1v) is 8.31. The van der Waals surface area contributed by atoms with E-state index in [1.54, 1.807) is 6.20 Å². The largest absolute Gasteiger partial charge is 0.331 e. The fraction of sp³-hybridized carbons (Fsp3) is 0.368. The molecule has 1 unspecified atom stereocenters. The van der Waals surface area contributed by atoms with Gasteiger partial charge in [0.25, 0.3) is 0 Å². The summed E-state index contributed by atoms with van der Waals surface area (Å²) < 4.78 is 0. The molecule has 1 aromatic carbocycles. The second-order valence-electron chi connectivity index (χ2n) is 6.62. The first-order chi connectivity index (χ1) is 11.5. The van der Waals surface area contributed by atoms with E-state index in [-0.39, 0.29) is 17.6 Å². The van der Waals surface area contributed by atoms with Gasteiger partial charge in [0.15, 0.2) is 0 Å². The summed E-state index contributed by atoms with van der Waals surface area (Å²) in [5, 5.41) is 2.95. The second kappa shape index (κ2) is 6.91. The van der Waals surface area contributed by atoms with Crippen LogP contribution < -0.4 is 10.9 Å². The predicted octanol–water partition coefficient (Wildman–Crippen LogP) is 2.63. The van der Waals surface area contributed by atoms with Crippen molar-refractivity contribution >= 4 is 6.03 Å². The van der Waals surface area contributed by atoms with Gasteiger partial charge in [-0.15, -0.1) is 0 Å². The molecule has 2 heterocycles. The second-order valence-corrected chi connectivity index (χ2v) is 6.62. The Labute approximate surface area is 141 Å². The standard InChI is InChI=1S/C19H23N3O2/c1-13-3-5-15(6-4-13)9-16-11-22(12-16)19(24)21-14(2)17-7-8-20-18(23)10-17/h3-8,10,14,16H,9,11-12H2,1-2H3,(H,20,23)(H,21,24). The Bertz CT molecular complexity index is 761. The van der Waals surface area contributed by atoms with E-state index in [0.29, 0.717) is 5.92 Å². The number of hydrogen-bond acceptors (Lipinski definition) is 2. The number of aryl methyl sites for hydroxylation is 1. The van der Waals surface area contributed by atoms with Gasteiger partial charge in [-0.2, -0.15) is 0 Å². The number of rotatable bonds is 4. The summed E-state index contributed by atoms with van der Waals surface area (Å²) in [5.41, 5.74) is 3.24. The van der Waals surface area contributed by atoms with Crippen LogP contribution in [-0.2, 0) is 6.42 Å². The van der Waals surface area contributed by atoms with Gasteiger partial charge in [-0.3, -0.25) is 4.79 Å². The van der Waals surface area contributed by atoms with E-state index in [1.165, 1.54) is 17.2 Å². The molecule has 1 atom stereocenters. The lowest BCUT2D eigenvalue weighted by Gasteiger charge is -2.40. The summed E-state index contributed by atoms with van der Waals surface area (Å²) in [6.07, 6.45) is 2.61. The maximum Gasteiger partial charge on any atom is 0.317 e. The van der Waals surface area contributed by atoms with Crippen molar-refractivity contribution < 1.29 is 4.79 Å². The zero-order chi connectivity index (χ0) is 17.1. The summed E-state index contributed by atoms with van der Waals surface area (Å²) in [5.74, 6) is 0.522. The number of likely N-dealkylation sites (tertiary alicyclic amines) is 1. The molecular formula is C19H23N3O2. The van der Waals surface area contributed by atoms with Crippen LogP contribution in [0, 0.1) is 12.8 Å². The molecule has 0 saturated carbocycles. The number of carbonyl (C=O) groups excluding carboxylic acids is 1. The molecule has 3 rings (SSSR count). The van der Waals surface area contributed by atoms with Gasteiger partial charge in [-0.05, 0) is 43.4 Å². The molecular weight excluding hydrogens is 302 g/mol. The van der Waals surface area contributed by atoms with Crippen molar-refractivity contribution in [1.82, 2.24) is 15.2 Å². The lowest BCUT2D eigenvalue weighted by Crippen LogP contribution is -2.54. The quantitative estimate of drug-likeness (QED) is 0.907. The fourth-order valence-electron chi connectivity index (χ4n) is 3.01. The first kappa shape index (κ1) is 16.3. The van der Waals surface area contributed by atoms with E-state index in [4.69, 9.17) is 0 Å². The van der Waals surface area contributed by atoms with Crippen molar-refractivity contribution in [2.75, 3.05) is 13.1 Å². The molecule has 126 valence electrons. The molecule has 1 aliphatic rings. The molecule has 1 aliphatic heterocycles. The number of urea groups is 1. The Kier molecular flexibility index (Phi) is 4.69. The number of nitrogens with one attached hydrogen (secondary N) is 2. The topological polar surface area (TPSA) is 65.2 Å². The zero-order valence-corrected chi connectivity index (χ0v) is 14.1. The first-order valence-electron chi connectivity index (χ1n) is 8.31. The molecule has 5 nitrogen and oxygen atoms in total. The van der Waals surface area contributed by atoms with Crippen LogP contribution in [0.4, 0.5) is 4.79 Å². The summed E-state index contributed by atoms with van der Waals surface area (Å²) in [6.45, 7) is 5.53. The number of H-pyrrole nitrogens is 1. The molecule has 24 heavy (non-hydrogen) atoms. The van der Waals surface area contributed by atoms with E-state index < -0.39 is 0 Å². The van der Waals surface area contributed by atoms with Crippen LogP contribution >= 0.6 is 0 Å². The molecule has 2 amide bonds. The minimum atomic E-state index is -0.184. The number of amides is 2. The van der Waals surface area contributed by atoms with Gasteiger partial charge in [0, 0.05) is 25.4 Å². The third kappa shape index (κ3) is 3.85. The number of carbonyl (C=O) groups is 1. The Morgan fingerprint density at radius 3 is 2.67 bits per heavy atom. The number of hydrogen-bond donors (Lipinski definition) is 2. The molecule has 0 radical (unpaired) electrons. The average molecular weight is 325 g/mol. The van der Waals surface area contributed by atoms with E-state index in [9.17, 15) is 9.59 Å². The Balaban J connectivity index is 1.48.